The second-order valence-electron chi connectivity index (χ2n) is 21.5. The first-order chi connectivity index (χ1) is 41.6. The summed E-state index contributed by atoms with van der Waals surface area (Å²) in [6, 6.07) is 34.9. The number of rotatable bonds is 26. The summed E-state index contributed by atoms with van der Waals surface area (Å²) in [5.74, 6) is 5.06. The summed E-state index contributed by atoms with van der Waals surface area (Å²) >= 11 is 0. The molecule has 0 fully saturated rings. The fourth-order valence-electron chi connectivity index (χ4n) is 11.1. The van der Waals surface area contributed by atoms with Gasteiger partial charge in [0.05, 0.1) is 133 Å². The van der Waals surface area contributed by atoms with Crippen LogP contribution in [0, 0.1) is 0 Å². The molecule has 2 aliphatic rings. The number of likely N-dealkylation sites (N-methyl/N-ethyl adjacent to an activating group) is 2. The Morgan fingerprint density at radius 1 is 0.437 bits per heavy atom. The Hall–Kier alpha value is -7.60. The summed E-state index contributed by atoms with van der Waals surface area (Å²) < 4.78 is 120. The van der Waals surface area contributed by atoms with Gasteiger partial charge in [-0.25, -0.2) is 16.8 Å². The van der Waals surface area contributed by atoms with Crippen molar-refractivity contribution < 1.29 is 91.9 Å². The van der Waals surface area contributed by atoms with Gasteiger partial charge in [-0.3, -0.25) is 9.59 Å². The molecule has 0 unspecified atom stereocenters. The normalized spacial score (nSPS) is 17.7. The number of methoxy groups -OCH3 is 8. The highest BCUT2D eigenvalue weighted by molar-refractivity contribution is 7.86. The molecule has 0 N–H and O–H groups in total. The number of hydrogen-bond acceptors (Lipinski definition) is 18. The fourth-order valence-corrected chi connectivity index (χ4v) is 12.1. The number of carbonyl (C=O) groups is 2. The van der Waals surface area contributed by atoms with E-state index in [1.807, 2.05) is 24.3 Å². The molecule has 0 bridgehead atoms. The van der Waals surface area contributed by atoms with Crippen LogP contribution >= 0.6 is 0 Å². The van der Waals surface area contributed by atoms with Crippen molar-refractivity contribution in [3.05, 3.63) is 155 Å². The van der Waals surface area contributed by atoms with Crippen molar-refractivity contribution in [2.45, 2.75) is 79.7 Å². The van der Waals surface area contributed by atoms with Gasteiger partial charge < -0.3 is 65.4 Å². The number of unbranched alkanes of at least 4 members (excludes halogenated alkanes) is 2. The van der Waals surface area contributed by atoms with Gasteiger partial charge in [0.25, 0.3) is 0 Å². The Labute approximate surface area is 512 Å². The lowest BCUT2D eigenvalue weighted by Gasteiger charge is -2.46. The van der Waals surface area contributed by atoms with Crippen LogP contribution in [0.2, 0.25) is 0 Å². The SMILES string of the molecule is COc1ccc(C[C@@H]2c3cc(OC)c(OC)cc3CC[N@+]2(C)CCC(=O)OCCCCCOC(=O)CC[N@+]2(C)CCc3cc(OC)c(OC)cc3[C@H]2Cc2ccc(OC)c(OC)c2)cc1OC.O=S(=O)([O-])c1ccccc1.O=S(=O)([O-])c1ccccc1. The maximum Gasteiger partial charge on any atom is 0.311 e. The number of nitrogens with zero attached hydrogens (tertiary/aromatic N) is 2. The van der Waals surface area contributed by atoms with Crippen molar-refractivity contribution in [1.82, 2.24) is 0 Å². The Kier molecular flexibility index (Phi) is 25.1. The molecular formula is C65H82N2O18S2. The lowest BCUT2D eigenvalue weighted by Crippen LogP contribution is -2.53. The molecule has 0 amide bonds. The second-order valence-corrected chi connectivity index (χ2v) is 24.3. The molecule has 6 aromatic rings. The number of ether oxygens (including phenoxy) is 10. The maximum absolute atomic E-state index is 13.2. The van der Waals surface area contributed by atoms with E-state index < -0.39 is 20.2 Å². The maximum atomic E-state index is 13.2. The van der Waals surface area contributed by atoms with Gasteiger partial charge in [0, 0.05) is 36.8 Å². The minimum absolute atomic E-state index is 0.0393. The van der Waals surface area contributed by atoms with Crippen molar-refractivity contribution in [2.75, 3.05) is 110 Å². The quantitative estimate of drug-likeness (QED) is 0.0213. The van der Waals surface area contributed by atoms with Crippen molar-refractivity contribution >= 4 is 32.2 Å². The van der Waals surface area contributed by atoms with E-state index in [4.69, 9.17) is 47.4 Å². The minimum atomic E-state index is -4.25. The zero-order valence-corrected chi connectivity index (χ0v) is 53.0. The van der Waals surface area contributed by atoms with E-state index in [2.05, 4.69) is 50.5 Å². The van der Waals surface area contributed by atoms with Crippen molar-refractivity contribution in [3.63, 3.8) is 0 Å². The van der Waals surface area contributed by atoms with E-state index in [0.717, 1.165) is 56.3 Å². The molecule has 0 saturated carbocycles. The van der Waals surface area contributed by atoms with Crippen LogP contribution < -0.4 is 37.9 Å². The van der Waals surface area contributed by atoms with Gasteiger partial charge in [0.1, 0.15) is 32.3 Å². The Morgan fingerprint density at radius 2 is 0.759 bits per heavy atom. The van der Waals surface area contributed by atoms with Gasteiger partial charge >= 0.3 is 11.9 Å². The average Bonchev–Trinajstić information content (AvgIpc) is 1.78. The topological polar surface area (TPSA) is 241 Å². The second kappa shape index (κ2) is 31.9. The van der Waals surface area contributed by atoms with E-state index in [1.54, 1.807) is 69.0 Å². The summed E-state index contributed by atoms with van der Waals surface area (Å²) in [6.07, 6.45) is 5.85. The van der Waals surface area contributed by atoms with E-state index in [9.17, 15) is 35.5 Å². The molecule has 6 aromatic carbocycles. The highest BCUT2D eigenvalue weighted by Crippen LogP contribution is 2.45. The van der Waals surface area contributed by atoms with E-state index in [0.29, 0.717) is 107 Å². The van der Waals surface area contributed by atoms with Crippen molar-refractivity contribution in [1.29, 1.82) is 0 Å². The Morgan fingerprint density at radius 3 is 1.07 bits per heavy atom. The van der Waals surface area contributed by atoms with Gasteiger partial charge in [-0.2, -0.15) is 0 Å². The highest BCUT2D eigenvalue weighted by atomic mass is 32.2. The molecule has 87 heavy (non-hydrogen) atoms. The van der Waals surface area contributed by atoms with Crippen LogP contribution in [0.5, 0.6) is 46.0 Å². The molecule has 22 heteroatoms. The first-order valence-electron chi connectivity index (χ1n) is 28.5. The fraction of sp³-hybridized carbons (Fsp3) is 0.415. The number of quaternary nitrogens is 2. The third kappa shape index (κ3) is 18.7. The monoisotopic (exact) mass is 1240 g/mol. The number of esters is 2. The van der Waals surface area contributed by atoms with Crippen LogP contribution in [0.1, 0.15) is 77.6 Å². The first kappa shape index (κ1) is 68.5. The number of fused-ring (bicyclic) bond motifs is 2. The Bertz CT molecular complexity index is 3230. The van der Waals surface area contributed by atoms with Crippen LogP contribution in [-0.2, 0) is 65.0 Å². The van der Waals surface area contributed by atoms with Crippen LogP contribution in [0.25, 0.3) is 0 Å². The molecule has 0 aliphatic carbocycles. The molecule has 0 spiro atoms. The largest absolute Gasteiger partial charge is 0.744 e. The van der Waals surface area contributed by atoms with Gasteiger partial charge in [-0.05, 0) is 114 Å². The van der Waals surface area contributed by atoms with Crippen molar-refractivity contribution in [2.24, 2.45) is 0 Å². The van der Waals surface area contributed by atoms with E-state index >= 15 is 0 Å². The van der Waals surface area contributed by atoms with Gasteiger partial charge in [-0.1, -0.05) is 48.5 Å². The zero-order chi connectivity index (χ0) is 63.4. The molecule has 4 atom stereocenters. The molecular weight excluding hydrogens is 1160 g/mol. The van der Waals surface area contributed by atoms with Gasteiger partial charge in [0.15, 0.2) is 46.0 Å². The van der Waals surface area contributed by atoms with E-state index in [-0.39, 0.29) is 33.8 Å². The zero-order valence-electron chi connectivity index (χ0n) is 51.4. The highest BCUT2D eigenvalue weighted by Gasteiger charge is 2.42. The van der Waals surface area contributed by atoms with Crippen LogP contribution in [-0.4, -0.2) is 157 Å². The molecule has 0 radical (unpaired) electrons. The number of hydrogen-bond donors (Lipinski definition) is 0. The molecule has 0 aromatic heterocycles. The first-order valence-corrected chi connectivity index (χ1v) is 31.3. The van der Waals surface area contributed by atoms with Crippen molar-refractivity contribution in [3.8, 4) is 46.0 Å². The summed E-state index contributed by atoms with van der Waals surface area (Å²) in [6.45, 7) is 3.57. The summed E-state index contributed by atoms with van der Waals surface area (Å²) in [5, 5.41) is 0. The number of benzene rings is 6. The molecule has 472 valence electrons. The van der Waals surface area contributed by atoms with Crippen LogP contribution in [0.4, 0.5) is 0 Å². The summed E-state index contributed by atoms with van der Waals surface area (Å²) in [5.41, 5.74) is 7.00. The van der Waals surface area contributed by atoms with Gasteiger partial charge in [0.2, 0.25) is 0 Å². The van der Waals surface area contributed by atoms with E-state index in [1.165, 1.54) is 70.8 Å². The van der Waals surface area contributed by atoms with Crippen LogP contribution in [0.15, 0.2) is 131 Å². The predicted octanol–water partition coefficient (Wildman–Crippen LogP) is 9.25. The molecule has 2 aliphatic heterocycles. The molecule has 0 saturated heterocycles. The number of carbonyl (C=O) groups excluding carboxylic acids is 2. The standard InChI is InChI=1S/C53H72N2O12.2C6H6O3S/c1-54(22-18-38-32-48(62-7)50(64-9)34-40(38)42(54)28-36-14-16-44(58-3)46(30-36)60-5)24-20-52(56)66-26-12-11-13-27-67-53(57)21-25-55(2)23-19-39-33-49(63-8)51(65-10)35-41(39)43(55)29-37-15-17-45(59-4)47(31-37)61-6;2*7-10(8,9)6-4-2-1-3-5-6/h14-17,30-35,42-43H,11-13,18-29H2,1-10H3;2*1-5H,(H,7,8,9)/q+2;;/p-2/t42-,43-,54-,55+;;/m1../s1. The smallest absolute Gasteiger partial charge is 0.311 e. The van der Waals surface area contributed by atoms with Crippen LogP contribution in [0.3, 0.4) is 0 Å². The third-order valence-electron chi connectivity index (χ3n) is 16.1. The minimum Gasteiger partial charge on any atom is -0.744 e. The third-order valence-corrected chi connectivity index (χ3v) is 17.8. The molecule has 20 nitrogen and oxygen atoms in total. The predicted molar refractivity (Wildman–Crippen MR) is 324 cm³/mol. The lowest BCUT2D eigenvalue weighted by atomic mass is 9.86. The van der Waals surface area contributed by atoms with Gasteiger partial charge in [-0.15, -0.1) is 0 Å². The Balaban J connectivity index is 0.000000507. The summed E-state index contributed by atoms with van der Waals surface area (Å²) in [4.78, 5) is 26.0. The lowest BCUT2D eigenvalue weighted by molar-refractivity contribution is -0.940. The summed E-state index contributed by atoms with van der Waals surface area (Å²) in [7, 11) is 9.11. The molecule has 2 heterocycles. The average molecular weight is 1240 g/mol. The molecule has 8 rings (SSSR count).